The van der Waals surface area contributed by atoms with E-state index in [1.54, 1.807) is 12.4 Å². The second-order valence-electron chi connectivity index (χ2n) is 6.80. The van der Waals surface area contributed by atoms with Crippen molar-refractivity contribution >= 4 is 17.5 Å². The van der Waals surface area contributed by atoms with Gasteiger partial charge in [-0.3, -0.25) is 4.79 Å². The highest BCUT2D eigenvalue weighted by atomic mass is 16.1. The molecule has 1 heterocycles. The summed E-state index contributed by atoms with van der Waals surface area (Å²) in [7, 11) is 0. The van der Waals surface area contributed by atoms with Crippen LogP contribution in [0.1, 0.15) is 74.4 Å². The smallest absolute Gasteiger partial charge is 0.254 e. The van der Waals surface area contributed by atoms with Gasteiger partial charge in [-0.05, 0) is 29.4 Å². The van der Waals surface area contributed by atoms with E-state index in [0.717, 1.165) is 12.1 Å². The molecular weight excluding hydrogens is 312 g/mol. The Balaban J connectivity index is 2.26. The normalized spacial score (nSPS) is 11.0. The number of rotatable bonds is 7. The van der Waals surface area contributed by atoms with Crippen molar-refractivity contribution < 1.29 is 4.79 Å². The summed E-state index contributed by atoms with van der Waals surface area (Å²) in [5, 5.41) is 6.19. The van der Waals surface area contributed by atoms with E-state index in [4.69, 9.17) is 0 Å². The number of nitrogens with zero attached hydrogens (tertiary/aromatic N) is 2. The minimum Gasteiger partial charge on any atom is -0.352 e. The van der Waals surface area contributed by atoms with E-state index in [2.05, 4.69) is 66.5 Å². The monoisotopic (exact) mass is 340 g/mol. The van der Waals surface area contributed by atoms with Gasteiger partial charge >= 0.3 is 0 Å². The molecule has 0 radical (unpaired) electrons. The van der Waals surface area contributed by atoms with E-state index in [9.17, 15) is 4.79 Å². The fraction of sp³-hybridized carbons (Fsp3) is 0.450. The molecule has 1 amide bonds. The third-order valence-electron chi connectivity index (χ3n) is 4.06. The molecule has 0 saturated heterocycles. The Hall–Kier alpha value is -2.43. The van der Waals surface area contributed by atoms with Crippen molar-refractivity contribution in [1.82, 2.24) is 15.3 Å². The molecule has 2 rings (SSSR count). The van der Waals surface area contributed by atoms with Gasteiger partial charge < -0.3 is 10.6 Å². The molecule has 2 N–H and O–H groups in total. The molecule has 1 aromatic carbocycles. The average Bonchev–Trinajstić information content (AvgIpc) is 2.60. The van der Waals surface area contributed by atoms with Gasteiger partial charge in [-0.15, -0.1) is 0 Å². The molecule has 1 aromatic heterocycles. The summed E-state index contributed by atoms with van der Waals surface area (Å²) in [6.07, 6.45) is 4.02. The molecule has 2 aromatic rings. The van der Waals surface area contributed by atoms with Crippen molar-refractivity contribution in [2.45, 2.75) is 52.9 Å². The van der Waals surface area contributed by atoms with Crippen LogP contribution in [0.3, 0.4) is 0 Å². The topological polar surface area (TPSA) is 66.9 Å². The van der Waals surface area contributed by atoms with Gasteiger partial charge in [-0.2, -0.15) is 0 Å². The summed E-state index contributed by atoms with van der Waals surface area (Å²) in [6, 6.07) is 6.36. The number of hydrogen-bond donors (Lipinski definition) is 2. The second kappa shape index (κ2) is 8.60. The Morgan fingerprint density at radius 3 is 2.08 bits per heavy atom. The molecule has 0 atom stereocenters. The van der Waals surface area contributed by atoms with Crippen LogP contribution in [0, 0.1) is 0 Å². The van der Waals surface area contributed by atoms with Crippen LogP contribution in [-0.2, 0) is 0 Å². The van der Waals surface area contributed by atoms with E-state index in [1.165, 1.54) is 11.1 Å². The van der Waals surface area contributed by atoms with Gasteiger partial charge in [-0.1, -0.05) is 52.8 Å². The number of anilines is 2. The SMILES string of the molecule is CCCNC(=O)c1cnc(Nc2c(C(C)C)cccc2C(C)C)nc1. The highest BCUT2D eigenvalue weighted by Crippen LogP contribution is 2.33. The molecular formula is C20H28N4O. The summed E-state index contributed by atoms with van der Waals surface area (Å²) in [5.74, 6) is 1.14. The van der Waals surface area contributed by atoms with E-state index in [1.807, 2.05) is 6.92 Å². The molecule has 0 aliphatic heterocycles. The number of carbonyl (C=O) groups excluding carboxylic acids is 1. The Kier molecular flexibility index (Phi) is 6.51. The quantitative estimate of drug-likeness (QED) is 0.772. The number of amides is 1. The number of aromatic nitrogens is 2. The highest BCUT2D eigenvalue weighted by Gasteiger charge is 2.15. The number of nitrogens with one attached hydrogen (secondary N) is 2. The maximum absolute atomic E-state index is 11.9. The Morgan fingerprint density at radius 1 is 1.04 bits per heavy atom. The fourth-order valence-electron chi connectivity index (χ4n) is 2.66. The van der Waals surface area contributed by atoms with Gasteiger partial charge in [0.15, 0.2) is 0 Å². The summed E-state index contributed by atoms with van der Waals surface area (Å²) >= 11 is 0. The Morgan fingerprint density at radius 2 is 1.60 bits per heavy atom. The van der Waals surface area contributed by atoms with Gasteiger partial charge in [0, 0.05) is 24.6 Å². The lowest BCUT2D eigenvalue weighted by molar-refractivity contribution is 0.0953. The first kappa shape index (κ1) is 18.9. The summed E-state index contributed by atoms with van der Waals surface area (Å²) in [6.45, 7) is 11.4. The predicted molar refractivity (Wildman–Crippen MR) is 103 cm³/mol. The molecule has 0 aliphatic rings. The molecule has 5 nitrogen and oxygen atoms in total. The number of benzene rings is 1. The van der Waals surface area contributed by atoms with Crippen molar-refractivity contribution in [2.75, 3.05) is 11.9 Å². The van der Waals surface area contributed by atoms with Crippen molar-refractivity contribution in [1.29, 1.82) is 0 Å². The fourth-order valence-corrected chi connectivity index (χ4v) is 2.66. The first-order valence-electron chi connectivity index (χ1n) is 8.94. The van der Waals surface area contributed by atoms with E-state index >= 15 is 0 Å². The maximum atomic E-state index is 11.9. The average molecular weight is 340 g/mol. The third-order valence-corrected chi connectivity index (χ3v) is 4.06. The third kappa shape index (κ3) is 4.78. The zero-order valence-corrected chi connectivity index (χ0v) is 15.8. The van der Waals surface area contributed by atoms with Crippen LogP contribution in [0.4, 0.5) is 11.6 Å². The summed E-state index contributed by atoms with van der Waals surface area (Å²) in [5.41, 5.74) is 4.01. The molecule has 5 heteroatoms. The van der Waals surface area contributed by atoms with E-state index in [0.29, 0.717) is 29.9 Å². The van der Waals surface area contributed by atoms with Gasteiger partial charge in [0.1, 0.15) is 0 Å². The highest BCUT2D eigenvalue weighted by molar-refractivity contribution is 5.93. The van der Waals surface area contributed by atoms with Crippen LogP contribution in [0.15, 0.2) is 30.6 Å². The Bertz CT molecular complexity index is 682. The molecule has 0 aliphatic carbocycles. The molecule has 25 heavy (non-hydrogen) atoms. The molecule has 0 unspecified atom stereocenters. The second-order valence-corrected chi connectivity index (χ2v) is 6.80. The Labute approximate surface area is 150 Å². The summed E-state index contributed by atoms with van der Waals surface area (Å²) in [4.78, 5) is 20.6. The van der Waals surface area contributed by atoms with Gasteiger partial charge in [-0.25, -0.2) is 9.97 Å². The first-order valence-corrected chi connectivity index (χ1v) is 8.94. The molecule has 0 saturated carbocycles. The van der Waals surface area contributed by atoms with Crippen molar-refractivity contribution in [3.8, 4) is 0 Å². The largest absolute Gasteiger partial charge is 0.352 e. The van der Waals surface area contributed by atoms with Crippen LogP contribution >= 0.6 is 0 Å². The maximum Gasteiger partial charge on any atom is 0.254 e. The van der Waals surface area contributed by atoms with E-state index < -0.39 is 0 Å². The van der Waals surface area contributed by atoms with Crippen LogP contribution in [-0.4, -0.2) is 22.4 Å². The number of hydrogen-bond acceptors (Lipinski definition) is 4. The molecule has 134 valence electrons. The van der Waals surface area contributed by atoms with Crippen LogP contribution in [0.5, 0.6) is 0 Å². The summed E-state index contributed by atoms with van der Waals surface area (Å²) < 4.78 is 0. The van der Waals surface area contributed by atoms with Crippen molar-refractivity contribution in [3.05, 3.63) is 47.3 Å². The lowest BCUT2D eigenvalue weighted by atomic mass is 9.93. The predicted octanol–water partition coefficient (Wildman–Crippen LogP) is 4.61. The van der Waals surface area contributed by atoms with Gasteiger partial charge in [0.05, 0.1) is 5.56 Å². The zero-order valence-electron chi connectivity index (χ0n) is 15.8. The van der Waals surface area contributed by atoms with Gasteiger partial charge in [0.2, 0.25) is 5.95 Å². The number of para-hydroxylation sites is 1. The van der Waals surface area contributed by atoms with Crippen LogP contribution in [0.2, 0.25) is 0 Å². The standard InChI is InChI=1S/C20H28N4O/c1-6-10-21-19(25)15-11-22-20(23-12-15)24-18-16(13(2)3)8-7-9-17(18)14(4)5/h7-9,11-14H,6,10H2,1-5H3,(H,21,25)(H,22,23,24). The lowest BCUT2D eigenvalue weighted by Crippen LogP contribution is -2.24. The number of carbonyl (C=O) groups is 1. The lowest BCUT2D eigenvalue weighted by Gasteiger charge is -2.20. The minimum absolute atomic E-state index is 0.140. The van der Waals surface area contributed by atoms with Gasteiger partial charge in [0.25, 0.3) is 5.91 Å². The zero-order chi connectivity index (χ0) is 18.4. The van der Waals surface area contributed by atoms with E-state index in [-0.39, 0.29) is 5.91 Å². The molecule has 0 bridgehead atoms. The van der Waals surface area contributed by atoms with Crippen LogP contribution < -0.4 is 10.6 Å². The van der Waals surface area contributed by atoms with Crippen LogP contribution in [0.25, 0.3) is 0 Å². The molecule has 0 spiro atoms. The van der Waals surface area contributed by atoms with Crippen molar-refractivity contribution in [3.63, 3.8) is 0 Å². The van der Waals surface area contributed by atoms with Crippen molar-refractivity contribution in [2.24, 2.45) is 0 Å². The first-order chi connectivity index (χ1) is 11.9. The minimum atomic E-state index is -0.140. The molecule has 0 fully saturated rings.